The van der Waals surface area contributed by atoms with Crippen LogP contribution in [0.1, 0.15) is 34.7 Å². The van der Waals surface area contributed by atoms with Crippen molar-refractivity contribution in [1.82, 2.24) is 9.55 Å². The Morgan fingerprint density at radius 1 is 1.20 bits per heavy atom. The van der Waals surface area contributed by atoms with Crippen LogP contribution in [0.5, 0.6) is 0 Å². The van der Waals surface area contributed by atoms with Gasteiger partial charge in [-0.15, -0.1) is 11.3 Å². The molecule has 0 bridgehead atoms. The van der Waals surface area contributed by atoms with E-state index in [-0.39, 0.29) is 10.7 Å². The maximum atomic E-state index is 13.1. The molecule has 0 aliphatic heterocycles. The van der Waals surface area contributed by atoms with Crippen LogP contribution < -0.4 is 11.3 Å². The van der Waals surface area contributed by atoms with E-state index < -0.39 is 0 Å². The molecule has 4 rings (SSSR count). The summed E-state index contributed by atoms with van der Waals surface area (Å²) in [4.78, 5) is 19.8. The van der Waals surface area contributed by atoms with Crippen molar-refractivity contribution in [3.63, 3.8) is 0 Å². The number of nitrogens with two attached hydrogens (primary N) is 1. The van der Waals surface area contributed by atoms with Gasteiger partial charge in [0.05, 0.1) is 5.39 Å². The lowest BCUT2D eigenvalue weighted by atomic mass is 9.97. The fourth-order valence-corrected chi connectivity index (χ4v) is 4.72. The smallest absolute Gasteiger partial charge is 0.269 e. The quantitative estimate of drug-likeness (QED) is 0.703. The Balaban J connectivity index is 1.92. The van der Waals surface area contributed by atoms with E-state index in [0.29, 0.717) is 11.2 Å². The maximum Gasteiger partial charge on any atom is 0.269 e. The van der Waals surface area contributed by atoms with E-state index in [1.54, 1.807) is 17.4 Å². The van der Waals surface area contributed by atoms with Gasteiger partial charge in [0.1, 0.15) is 10.7 Å². The SMILES string of the molecule is NC(=S)n1c(/C=C/c2ccccc2)nc2sc3c(c2c1=O)CCCC3. The second kappa shape index (κ2) is 6.54. The number of hydrogen-bond acceptors (Lipinski definition) is 4. The molecule has 0 fully saturated rings. The highest BCUT2D eigenvalue weighted by molar-refractivity contribution is 7.80. The van der Waals surface area contributed by atoms with E-state index in [2.05, 4.69) is 0 Å². The van der Waals surface area contributed by atoms with Gasteiger partial charge in [-0.1, -0.05) is 36.4 Å². The fourth-order valence-electron chi connectivity index (χ4n) is 3.28. The van der Waals surface area contributed by atoms with Crippen molar-refractivity contribution >= 4 is 51.0 Å². The largest absolute Gasteiger partial charge is 0.375 e. The summed E-state index contributed by atoms with van der Waals surface area (Å²) < 4.78 is 1.35. The van der Waals surface area contributed by atoms with Gasteiger partial charge in [-0.05, 0) is 55.1 Å². The van der Waals surface area contributed by atoms with Gasteiger partial charge in [0.2, 0.25) is 0 Å². The molecule has 25 heavy (non-hydrogen) atoms. The van der Waals surface area contributed by atoms with E-state index in [9.17, 15) is 4.79 Å². The average molecular weight is 367 g/mol. The highest BCUT2D eigenvalue weighted by Gasteiger charge is 2.22. The molecular weight excluding hydrogens is 350 g/mol. The molecule has 0 amide bonds. The summed E-state index contributed by atoms with van der Waals surface area (Å²) >= 11 is 6.76. The zero-order chi connectivity index (χ0) is 17.4. The predicted molar refractivity (Wildman–Crippen MR) is 108 cm³/mol. The third kappa shape index (κ3) is 2.92. The van der Waals surface area contributed by atoms with Gasteiger partial charge in [-0.25, -0.2) is 9.55 Å². The molecule has 0 saturated carbocycles. The molecule has 1 aliphatic rings. The highest BCUT2D eigenvalue weighted by atomic mass is 32.1. The Morgan fingerprint density at radius 2 is 1.96 bits per heavy atom. The number of aromatic nitrogens is 2. The molecule has 0 unspecified atom stereocenters. The van der Waals surface area contributed by atoms with E-state index in [1.165, 1.54) is 15.9 Å². The van der Waals surface area contributed by atoms with Crippen LogP contribution in [0.4, 0.5) is 0 Å². The Bertz CT molecular complexity index is 1050. The standard InChI is InChI=1S/C19H17N3OS2/c20-19(24)22-15(11-10-12-6-2-1-3-7-12)21-17-16(18(22)23)13-8-4-5-9-14(13)25-17/h1-3,6-7,10-11H,4-5,8-9H2,(H2,20,24)/b11-10+. The monoisotopic (exact) mass is 367 g/mol. The van der Waals surface area contributed by atoms with Crippen LogP contribution in [0, 0.1) is 0 Å². The fraction of sp³-hybridized carbons (Fsp3) is 0.211. The molecule has 126 valence electrons. The molecule has 0 atom stereocenters. The first kappa shape index (κ1) is 16.2. The van der Waals surface area contributed by atoms with Crippen molar-refractivity contribution in [3.05, 3.63) is 62.5 Å². The van der Waals surface area contributed by atoms with Crippen LogP contribution in [0.25, 0.3) is 22.4 Å². The first-order valence-electron chi connectivity index (χ1n) is 8.25. The number of thiophene rings is 1. The molecule has 4 nitrogen and oxygen atoms in total. The first-order valence-corrected chi connectivity index (χ1v) is 9.48. The summed E-state index contributed by atoms with van der Waals surface area (Å²) in [5.41, 5.74) is 7.87. The molecule has 2 heterocycles. The van der Waals surface area contributed by atoms with Crippen molar-refractivity contribution in [2.45, 2.75) is 25.7 Å². The minimum atomic E-state index is -0.149. The van der Waals surface area contributed by atoms with E-state index in [4.69, 9.17) is 22.9 Å². The summed E-state index contributed by atoms with van der Waals surface area (Å²) in [6, 6.07) is 9.86. The summed E-state index contributed by atoms with van der Waals surface area (Å²) in [6.07, 6.45) is 7.95. The van der Waals surface area contributed by atoms with Gasteiger partial charge in [0.15, 0.2) is 5.11 Å². The van der Waals surface area contributed by atoms with Crippen LogP contribution >= 0.6 is 23.6 Å². The molecule has 0 spiro atoms. The van der Waals surface area contributed by atoms with Crippen molar-refractivity contribution in [1.29, 1.82) is 0 Å². The number of fused-ring (bicyclic) bond motifs is 3. The molecule has 6 heteroatoms. The lowest BCUT2D eigenvalue weighted by molar-refractivity contribution is 0.700. The zero-order valence-electron chi connectivity index (χ0n) is 13.6. The minimum absolute atomic E-state index is 0.0304. The Labute approximate surface area is 154 Å². The molecule has 3 aromatic rings. The van der Waals surface area contributed by atoms with E-state index in [1.807, 2.05) is 36.4 Å². The second-order valence-corrected chi connectivity index (χ2v) is 7.59. The van der Waals surface area contributed by atoms with Crippen LogP contribution in [0.15, 0.2) is 35.1 Å². The normalized spacial score (nSPS) is 14.1. The zero-order valence-corrected chi connectivity index (χ0v) is 15.2. The summed E-state index contributed by atoms with van der Waals surface area (Å²) in [5.74, 6) is 0.479. The molecule has 0 radical (unpaired) electrons. The number of hydrogen-bond donors (Lipinski definition) is 1. The number of benzene rings is 1. The lowest BCUT2D eigenvalue weighted by Crippen LogP contribution is -2.34. The van der Waals surface area contributed by atoms with Gasteiger partial charge in [-0.2, -0.15) is 0 Å². The Kier molecular flexibility index (Phi) is 4.23. The second-order valence-electron chi connectivity index (χ2n) is 6.08. The van der Waals surface area contributed by atoms with Gasteiger partial charge in [0.25, 0.3) is 5.56 Å². The summed E-state index contributed by atoms with van der Waals surface area (Å²) in [6.45, 7) is 0. The molecule has 1 aliphatic carbocycles. The van der Waals surface area contributed by atoms with Gasteiger partial charge < -0.3 is 5.73 Å². The van der Waals surface area contributed by atoms with Crippen molar-refractivity contribution in [3.8, 4) is 0 Å². The van der Waals surface area contributed by atoms with Crippen LogP contribution in [0.2, 0.25) is 0 Å². The number of rotatable bonds is 2. The van der Waals surface area contributed by atoms with E-state index >= 15 is 0 Å². The van der Waals surface area contributed by atoms with Crippen LogP contribution in [0.3, 0.4) is 0 Å². The molecule has 2 N–H and O–H groups in total. The van der Waals surface area contributed by atoms with Crippen molar-refractivity contribution in [2.75, 3.05) is 0 Å². The number of aryl methyl sites for hydroxylation is 2. The minimum Gasteiger partial charge on any atom is -0.375 e. The highest BCUT2D eigenvalue weighted by Crippen LogP contribution is 2.33. The summed E-state index contributed by atoms with van der Waals surface area (Å²) in [7, 11) is 0. The van der Waals surface area contributed by atoms with Crippen molar-refractivity contribution in [2.24, 2.45) is 5.73 Å². The Hall–Kier alpha value is -2.31. The molecule has 1 aromatic carbocycles. The average Bonchev–Trinajstić information content (AvgIpc) is 2.99. The van der Waals surface area contributed by atoms with Crippen LogP contribution in [-0.2, 0) is 12.8 Å². The number of nitrogens with zero attached hydrogens (tertiary/aromatic N) is 2. The Morgan fingerprint density at radius 3 is 2.72 bits per heavy atom. The molecule has 0 saturated heterocycles. The lowest BCUT2D eigenvalue weighted by Gasteiger charge is -2.11. The third-order valence-corrected chi connectivity index (χ3v) is 5.83. The van der Waals surface area contributed by atoms with Gasteiger partial charge in [-0.3, -0.25) is 4.79 Å². The van der Waals surface area contributed by atoms with Crippen molar-refractivity contribution < 1.29 is 0 Å². The maximum absolute atomic E-state index is 13.1. The first-order chi connectivity index (χ1) is 12.1. The topological polar surface area (TPSA) is 60.9 Å². The molecule has 2 aromatic heterocycles. The van der Waals surface area contributed by atoms with Gasteiger partial charge in [0, 0.05) is 4.88 Å². The predicted octanol–water partition coefficient (Wildman–Crippen LogP) is 3.60. The van der Waals surface area contributed by atoms with Crippen LogP contribution in [-0.4, -0.2) is 14.7 Å². The summed E-state index contributed by atoms with van der Waals surface area (Å²) in [5, 5.41) is 0.729. The van der Waals surface area contributed by atoms with Gasteiger partial charge >= 0.3 is 0 Å². The van der Waals surface area contributed by atoms with E-state index in [0.717, 1.165) is 35.2 Å². The molecular formula is C19H17N3OS2. The third-order valence-electron chi connectivity index (χ3n) is 4.46. The number of thiocarbonyl (C=S) groups is 1.